The highest BCUT2D eigenvalue weighted by atomic mass is 16.2. The van der Waals surface area contributed by atoms with E-state index in [2.05, 4.69) is 16.0 Å². The molecule has 0 aliphatic heterocycles. The number of amides is 3. The Morgan fingerprint density at radius 2 is 1.72 bits per heavy atom. The van der Waals surface area contributed by atoms with Gasteiger partial charge >= 0.3 is 6.03 Å². The van der Waals surface area contributed by atoms with Gasteiger partial charge in [0.05, 0.1) is 5.56 Å². The van der Waals surface area contributed by atoms with Gasteiger partial charge in [-0.2, -0.15) is 0 Å². The fourth-order valence-electron chi connectivity index (χ4n) is 2.39. The van der Waals surface area contributed by atoms with Crippen LogP contribution < -0.4 is 20.9 Å². The SMILES string of the molecule is CCNC(=O)Nc1ccc(N(C)C)c(C(=O)NCc2ccccc2)c1. The second-order valence-electron chi connectivity index (χ2n) is 5.78. The predicted octanol–water partition coefficient (Wildman–Crippen LogP) is 2.82. The molecule has 0 fully saturated rings. The minimum Gasteiger partial charge on any atom is -0.377 e. The van der Waals surface area contributed by atoms with Gasteiger partial charge in [-0.25, -0.2) is 4.79 Å². The van der Waals surface area contributed by atoms with E-state index in [1.165, 1.54) is 0 Å². The average Bonchev–Trinajstić information content (AvgIpc) is 2.60. The summed E-state index contributed by atoms with van der Waals surface area (Å²) in [4.78, 5) is 26.2. The quantitative estimate of drug-likeness (QED) is 0.757. The Morgan fingerprint density at radius 1 is 1.00 bits per heavy atom. The van der Waals surface area contributed by atoms with Crippen LogP contribution in [-0.4, -0.2) is 32.6 Å². The maximum absolute atomic E-state index is 12.6. The summed E-state index contributed by atoms with van der Waals surface area (Å²) in [6, 6.07) is 14.7. The Balaban J connectivity index is 2.17. The molecule has 6 nitrogen and oxygen atoms in total. The Hall–Kier alpha value is -3.02. The lowest BCUT2D eigenvalue weighted by atomic mass is 10.1. The number of anilines is 2. The van der Waals surface area contributed by atoms with E-state index in [9.17, 15) is 9.59 Å². The van der Waals surface area contributed by atoms with Crippen LogP contribution in [0.4, 0.5) is 16.2 Å². The lowest BCUT2D eigenvalue weighted by Crippen LogP contribution is -2.29. The van der Waals surface area contributed by atoms with Crippen LogP contribution in [0.3, 0.4) is 0 Å². The molecule has 0 radical (unpaired) electrons. The molecule has 0 saturated carbocycles. The van der Waals surface area contributed by atoms with Gasteiger partial charge in [0.15, 0.2) is 0 Å². The molecule has 3 amide bonds. The number of hydrogen-bond acceptors (Lipinski definition) is 3. The maximum Gasteiger partial charge on any atom is 0.319 e. The zero-order chi connectivity index (χ0) is 18.2. The van der Waals surface area contributed by atoms with Gasteiger partial charge in [-0.15, -0.1) is 0 Å². The van der Waals surface area contributed by atoms with E-state index >= 15 is 0 Å². The van der Waals surface area contributed by atoms with Crippen LogP contribution >= 0.6 is 0 Å². The number of nitrogens with one attached hydrogen (secondary N) is 3. The monoisotopic (exact) mass is 340 g/mol. The molecular formula is C19H24N4O2. The van der Waals surface area contributed by atoms with Crippen molar-refractivity contribution in [3.63, 3.8) is 0 Å². The van der Waals surface area contributed by atoms with Crippen molar-refractivity contribution in [2.45, 2.75) is 13.5 Å². The molecule has 2 aromatic rings. The minimum atomic E-state index is -0.296. The van der Waals surface area contributed by atoms with E-state index in [0.717, 1.165) is 11.3 Å². The summed E-state index contributed by atoms with van der Waals surface area (Å²) in [6.07, 6.45) is 0. The highest BCUT2D eigenvalue weighted by molar-refractivity contribution is 6.01. The Morgan fingerprint density at radius 3 is 2.36 bits per heavy atom. The number of hydrogen-bond donors (Lipinski definition) is 3. The van der Waals surface area contributed by atoms with E-state index in [0.29, 0.717) is 24.3 Å². The van der Waals surface area contributed by atoms with Crippen LogP contribution in [0.15, 0.2) is 48.5 Å². The molecule has 0 aliphatic carbocycles. The van der Waals surface area contributed by atoms with Crippen molar-refractivity contribution in [3.05, 3.63) is 59.7 Å². The smallest absolute Gasteiger partial charge is 0.319 e. The molecule has 6 heteroatoms. The Bertz CT molecular complexity index is 729. The van der Waals surface area contributed by atoms with E-state index < -0.39 is 0 Å². The molecule has 25 heavy (non-hydrogen) atoms. The van der Waals surface area contributed by atoms with Crippen molar-refractivity contribution in [1.29, 1.82) is 0 Å². The van der Waals surface area contributed by atoms with Crippen molar-refractivity contribution >= 4 is 23.3 Å². The number of carbonyl (C=O) groups excluding carboxylic acids is 2. The van der Waals surface area contributed by atoms with E-state index in [4.69, 9.17) is 0 Å². The zero-order valence-electron chi connectivity index (χ0n) is 14.8. The van der Waals surface area contributed by atoms with Gasteiger partial charge in [0.1, 0.15) is 0 Å². The number of benzene rings is 2. The van der Waals surface area contributed by atoms with E-state index in [1.54, 1.807) is 12.1 Å². The second kappa shape index (κ2) is 8.73. The molecule has 0 atom stereocenters. The number of rotatable bonds is 6. The molecule has 2 aromatic carbocycles. The minimum absolute atomic E-state index is 0.188. The predicted molar refractivity (Wildman–Crippen MR) is 101 cm³/mol. The Kier molecular flexibility index (Phi) is 6.39. The fraction of sp³-hybridized carbons (Fsp3) is 0.263. The first-order valence-electron chi connectivity index (χ1n) is 8.19. The van der Waals surface area contributed by atoms with Crippen LogP contribution in [0.25, 0.3) is 0 Å². The summed E-state index contributed by atoms with van der Waals surface area (Å²) in [7, 11) is 3.75. The van der Waals surface area contributed by atoms with Crippen LogP contribution in [0.2, 0.25) is 0 Å². The van der Waals surface area contributed by atoms with Crippen LogP contribution in [-0.2, 0) is 6.54 Å². The summed E-state index contributed by atoms with van der Waals surface area (Å²) in [6.45, 7) is 2.82. The largest absolute Gasteiger partial charge is 0.377 e. The summed E-state index contributed by atoms with van der Waals surface area (Å²) in [5, 5.41) is 8.32. The molecule has 0 spiro atoms. The first-order chi connectivity index (χ1) is 12.0. The molecule has 0 unspecified atom stereocenters. The normalized spacial score (nSPS) is 10.0. The molecule has 0 heterocycles. The first kappa shape index (κ1) is 18.3. The van der Waals surface area contributed by atoms with Crippen LogP contribution in [0.1, 0.15) is 22.8 Å². The van der Waals surface area contributed by atoms with Gasteiger partial charge in [0.2, 0.25) is 0 Å². The second-order valence-corrected chi connectivity index (χ2v) is 5.78. The number of urea groups is 1. The van der Waals surface area contributed by atoms with Crippen molar-refractivity contribution in [2.24, 2.45) is 0 Å². The van der Waals surface area contributed by atoms with E-state index in [1.807, 2.05) is 62.3 Å². The first-order valence-corrected chi connectivity index (χ1v) is 8.19. The summed E-state index contributed by atoms with van der Waals surface area (Å²) in [5.74, 6) is -0.188. The number of carbonyl (C=O) groups is 2. The molecule has 2 rings (SSSR count). The maximum atomic E-state index is 12.6. The summed E-state index contributed by atoms with van der Waals surface area (Å²) in [5.41, 5.74) is 2.89. The standard InChI is InChI=1S/C19H24N4O2/c1-4-20-19(25)22-15-10-11-17(23(2)3)16(12-15)18(24)21-13-14-8-6-5-7-9-14/h5-12H,4,13H2,1-3H3,(H,21,24)(H2,20,22,25). The Labute approximate surface area is 148 Å². The molecule has 0 saturated heterocycles. The van der Waals surface area contributed by atoms with Gasteiger partial charge in [-0.1, -0.05) is 30.3 Å². The van der Waals surface area contributed by atoms with Crippen LogP contribution in [0.5, 0.6) is 0 Å². The van der Waals surface area contributed by atoms with Gasteiger partial charge in [0.25, 0.3) is 5.91 Å². The van der Waals surface area contributed by atoms with Gasteiger partial charge in [-0.05, 0) is 30.7 Å². The lowest BCUT2D eigenvalue weighted by Gasteiger charge is -2.18. The topological polar surface area (TPSA) is 73.5 Å². The highest BCUT2D eigenvalue weighted by Crippen LogP contribution is 2.23. The summed E-state index contributed by atoms with van der Waals surface area (Å²) >= 11 is 0. The number of nitrogens with zero attached hydrogens (tertiary/aromatic N) is 1. The van der Waals surface area contributed by atoms with Crippen molar-refractivity contribution in [1.82, 2.24) is 10.6 Å². The third-order valence-corrected chi connectivity index (χ3v) is 3.61. The van der Waals surface area contributed by atoms with Gasteiger partial charge in [-0.3, -0.25) is 4.79 Å². The highest BCUT2D eigenvalue weighted by Gasteiger charge is 2.14. The molecule has 0 aromatic heterocycles. The third kappa shape index (κ3) is 5.24. The van der Waals surface area contributed by atoms with Crippen molar-refractivity contribution in [2.75, 3.05) is 30.9 Å². The fourth-order valence-corrected chi connectivity index (χ4v) is 2.39. The molecular weight excluding hydrogens is 316 g/mol. The average molecular weight is 340 g/mol. The van der Waals surface area contributed by atoms with E-state index in [-0.39, 0.29) is 11.9 Å². The molecule has 3 N–H and O–H groups in total. The van der Waals surface area contributed by atoms with Gasteiger partial charge < -0.3 is 20.9 Å². The zero-order valence-corrected chi connectivity index (χ0v) is 14.8. The summed E-state index contributed by atoms with van der Waals surface area (Å²) < 4.78 is 0. The molecule has 0 bridgehead atoms. The molecule has 0 aliphatic rings. The van der Waals surface area contributed by atoms with Gasteiger partial charge in [0, 0.05) is 38.6 Å². The van der Waals surface area contributed by atoms with Crippen molar-refractivity contribution in [3.8, 4) is 0 Å². The lowest BCUT2D eigenvalue weighted by molar-refractivity contribution is 0.0951. The van der Waals surface area contributed by atoms with Crippen LogP contribution in [0, 0.1) is 0 Å². The van der Waals surface area contributed by atoms with Crippen molar-refractivity contribution < 1.29 is 9.59 Å². The third-order valence-electron chi connectivity index (χ3n) is 3.61. The molecule has 132 valence electrons.